The Kier molecular flexibility index (Phi) is 5.88. The highest BCUT2D eigenvalue weighted by molar-refractivity contribution is 5.76. The number of morpholine rings is 1. The van der Waals surface area contributed by atoms with Crippen LogP contribution in [0, 0.1) is 0 Å². The van der Waals surface area contributed by atoms with Gasteiger partial charge in [-0.25, -0.2) is 10.0 Å². The summed E-state index contributed by atoms with van der Waals surface area (Å²) in [7, 11) is 1.61. The molecule has 0 atom stereocenters. The minimum atomic E-state index is 0.327. The van der Waals surface area contributed by atoms with Gasteiger partial charge in [-0.15, -0.1) is 0 Å². The topological polar surface area (TPSA) is 71.0 Å². The van der Waals surface area contributed by atoms with Crippen molar-refractivity contribution in [1.29, 1.82) is 0 Å². The molecule has 1 aromatic carbocycles. The van der Waals surface area contributed by atoms with Gasteiger partial charge in [-0.1, -0.05) is 30.3 Å². The van der Waals surface area contributed by atoms with Gasteiger partial charge in [0.05, 0.1) is 50.6 Å². The fraction of sp³-hybridized carbons (Fsp3) is 0.273. The molecule has 0 aliphatic carbocycles. The van der Waals surface area contributed by atoms with Crippen LogP contribution < -0.4 is 14.7 Å². The summed E-state index contributed by atoms with van der Waals surface area (Å²) in [5, 5.41) is 12.0. The van der Waals surface area contributed by atoms with Crippen molar-refractivity contribution in [2.45, 2.75) is 6.54 Å². The summed E-state index contributed by atoms with van der Waals surface area (Å²) in [6.45, 7) is 3.33. The fourth-order valence-electron chi connectivity index (χ4n) is 3.33. The molecule has 0 radical (unpaired) electrons. The second-order valence-electron chi connectivity index (χ2n) is 6.79. The first kappa shape index (κ1) is 19.2. The number of ether oxygens (including phenoxy) is 2. The van der Waals surface area contributed by atoms with Crippen LogP contribution in [0.3, 0.4) is 0 Å². The van der Waals surface area contributed by atoms with Gasteiger partial charge in [0.2, 0.25) is 0 Å². The molecule has 1 fully saturated rings. The van der Waals surface area contributed by atoms with Crippen LogP contribution in [0.2, 0.25) is 0 Å². The summed E-state index contributed by atoms with van der Waals surface area (Å²) >= 11 is 0. The molecule has 0 unspecified atom stereocenters. The number of rotatable bonds is 6. The highest BCUT2D eigenvalue weighted by Crippen LogP contribution is 2.32. The number of nitrogens with zero attached hydrogens (tertiary/aromatic N) is 4. The first-order valence-electron chi connectivity index (χ1n) is 9.58. The highest BCUT2D eigenvalue weighted by atomic mass is 16.5. The molecule has 0 amide bonds. The van der Waals surface area contributed by atoms with E-state index in [-0.39, 0.29) is 0 Å². The van der Waals surface area contributed by atoms with Crippen molar-refractivity contribution in [2.24, 2.45) is 0 Å². The minimum Gasteiger partial charge on any atom is -0.495 e. The minimum absolute atomic E-state index is 0.327. The Balaban J connectivity index is 1.70. The van der Waals surface area contributed by atoms with Crippen LogP contribution in [0.25, 0.3) is 11.3 Å². The monoisotopic (exact) mass is 392 g/mol. The van der Waals surface area contributed by atoms with E-state index in [0.29, 0.717) is 31.3 Å². The molecule has 1 aliphatic rings. The average molecular weight is 392 g/mol. The van der Waals surface area contributed by atoms with Crippen molar-refractivity contribution >= 4 is 11.5 Å². The van der Waals surface area contributed by atoms with Gasteiger partial charge in [0.1, 0.15) is 5.75 Å². The van der Waals surface area contributed by atoms with Crippen LogP contribution in [0.4, 0.5) is 11.5 Å². The average Bonchev–Trinajstić information content (AvgIpc) is 2.80. The van der Waals surface area contributed by atoms with E-state index in [2.05, 4.69) is 14.9 Å². The van der Waals surface area contributed by atoms with E-state index in [4.69, 9.17) is 9.47 Å². The van der Waals surface area contributed by atoms with Gasteiger partial charge in [-0.05, 0) is 23.8 Å². The number of benzene rings is 1. The summed E-state index contributed by atoms with van der Waals surface area (Å²) in [5.74, 6) is 1.14. The summed E-state index contributed by atoms with van der Waals surface area (Å²) in [6.07, 6.45) is 3.46. The third kappa shape index (κ3) is 4.47. The Hall–Kier alpha value is -3.16. The van der Waals surface area contributed by atoms with E-state index >= 15 is 0 Å². The Morgan fingerprint density at radius 2 is 1.86 bits per heavy atom. The third-order valence-corrected chi connectivity index (χ3v) is 4.90. The molecular weight excluding hydrogens is 368 g/mol. The maximum atomic E-state index is 10.8. The standard InChI is InChI=1S/C22H24N4O3/c1-28-19-7-8-21(23-15-19)20-13-18(25-9-11-29-12-10-25)14-24-22(20)26(27)16-17-5-3-2-4-6-17/h2-8,13-15,27H,9-12,16H2,1H3. The Labute approximate surface area is 170 Å². The van der Waals surface area contributed by atoms with Crippen LogP contribution in [0.15, 0.2) is 60.9 Å². The summed E-state index contributed by atoms with van der Waals surface area (Å²) in [4.78, 5) is 11.3. The normalized spacial score (nSPS) is 13.9. The zero-order valence-corrected chi connectivity index (χ0v) is 16.4. The number of anilines is 2. The molecule has 3 heterocycles. The Bertz CT molecular complexity index is 929. The van der Waals surface area contributed by atoms with Gasteiger partial charge in [-0.3, -0.25) is 10.2 Å². The first-order valence-corrected chi connectivity index (χ1v) is 9.58. The van der Waals surface area contributed by atoms with Gasteiger partial charge < -0.3 is 14.4 Å². The van der Waals surface area contributed by atoms with Crippen LogP contribution >= 0.6 is 0 Å². The predicted molar refractivity (Wildman–Crippen MR) is 111 cm³/mol. The fourth-order valence-corrected chi connectivity index (χ4v) is 3.33. The second kappa shape index (κ2) is 8.89. The van der Waals surface area contributed by atoms with Gasteiger partial charge in [0, 0.05) is 18.7 Å². The predicted octanol–water partition coefficient (Wildman–Crippen LogP) is 3.38. The van der Waals surface area contributed by atoms with Gasteiger partial charge in [0.25, 0.3) is 0 Å². The van der Waals surface area contributed by atoms with Crippen molar-refractivity contribution in [1.82, 2.24) is 9.97 Å². The summed E-state index contributed by atoms with van der Waals surface area (Å²) in [6, 6.07) is 15.5. The van der Waals surface area contributed by atoms with E-state index < -0.39 is 0 Å². The summed E-state index contributed by atoms with van der Waals surface area (Å²) < 4.78 is 10.7. The second-order valence-corrected chi connectivity index (χ2v) is 6.79. The maximum absolute atomic E-state index is 10.8. The van der Waals surface area contributed by atoms with Crippen LogP contribution in [0.1, 0.15) is 5.56 Å². The van der Waals surface area contributed by atoms with Gasteiger partial charge in [-0.2, -0.15) is 0 Å². The lowest BCUT2D eigenvalue weighted by Crippen LogP contribution is -2.36. The van der Waals surface area contributed by atoms with E-state index in [9.17, 15) is 5.21 Å². The smallest absolute Gasteiger partial charge is 0.162 e. The van der Waals surface area contributed by atoms with Gasteiger partial charge in [0.15, 0.2) is 5.82 Å². The number of aromatic nitrogens is 2. The number of hydrogen-bond donors (Lipinski definition) is 1. The molecule has 0 bridgehead atoms. The molecule has 3 aromatic rings. The van der Waals surface area contributed by atoms with Crippen molar-refractivity contribution in [3.05, 3.63) is 66.5 Å². The molecule has 0 saturated carbocycles. The molecule has 1 aliphatic heterocycles. The number of hydroxylamine groups is 1. The Morgan fingerprint density at radius 3 is 2.55 bits per heavy atom. The first-order chi connectivity index (χ1) is 14.2. The number of pyridine rings is 2. The van der Waals surface area contributed by atoms with Crippen LogP contribution in [-0.2, 0) is 11.3 Å². The molecule has 1 saturated heterocycles. The van der Waals surface area contributed by atoms with Crippen molar-refractivity contribution in [3.8, 4) is 17.0 Å². The van der Waals surface area contributed by atoms with E-state index in [1.54, 1.807) is 19.5 Å². The van der Waals surface area contributed by atoms with Crippen LogP contribution in [-0.4, -0.2) is 48.6 Å². The van der Waals surface area contributed by atoms with Crippen molar-refractivity contribution in [2.75, 3.05) is 43.4 Å². The van der Waals surface area contributed by atoms with Gasteiger partial charge >= 0.3 is 0 Å². The zero-order chi connectivity index (χ0) is 20.1. The lowest BCUT2D eigenvalue weighted by molar-refractivity contribution is 0.122. The van der Waals surface area contributed by atoms with E-state index in [1.165, 1.54) is 5.06 Å². The van der Waals surface area contributed by atoms with Crippen LogP contribution in [0.5, 0.6) is 5.75 Å². The molecule has 2 aromatic heterocycles. The molecule has 7 heteroatoms. The molecule has 0 spiro atoms. The quantitative estimate of drug-likeness (QED) is 0.645. The lowest BCUT2D eigenvalue weighted by atomic mass is 10.1. The van der Waals surface area contributed by atoms with E-state index in [0.717, 1.165) is 35.6 Å². The third-order valence-electron chi connectivity index (χ3n) is 4.90. The summed E-state index contributed by atoms with van der Waals surface area (Å²) in [5.41, 5.74) is 3.45. The van der Waals surface area contributed by atoms with Crippen molar-refractivity contribution < 1.29 is 14.7 Å². The number of methoxy groups -OCH3 is 1. The zero-order valence-electron chi connectivity index (χ0n) is 16.4. The molecular formula is C22H24N4O3. The SMILES string of the molecule is COc1ccc(-c2cc(N3CCOCC3)cnc2N(O)Cc2ccccc2)nc1. The van der Waals surface area contributed by atoms with Crippen molar-refractivity contribution in [3.63, 3.8) is 0 Å². The molecule has 150 valence electrons. The Morgan fingerprint density at radius 1 is 1.07 bits per heavy atom. The molecule has 1 N–H and O–H groups in total. The molecule has 29 heavy (non-hydrogen) atoms. The number of hydrogen-bond acceptors (Lipinski definition) is 7. The molecule has 4 rings (SSSR count). The van der Waals surface area contributed by atoms with E-state index in [1.807, 2.05) is 48.5 Å². The largest absolute Gasteiger partial charge is 0.495 e. The highest BCUT2D eigenvalue weighted by Gasteiger charge is 2.19. The maximum Gasteiger partial charge on any atom is 0.162 e. The lowest BCUT2D eigenvalue weighted by Gasteiger charge is -2.29. The molecule has 7 nitrogen and oxygen atoms in total.